The number of nitrogens with zero attached hydrogens (tertiary/aromatic N) is 6. The van der Waals surface area contributed by atoms with Crippen LogP contribution >= 0.6 is 7.14 Å². The Labute approximate surface area is 240 Å². The standard InChI is InChI=1S/C28H39N8O4P/c1-17-22(16-35(2)3)27(38)36(20-11-13-41(4,40)14-12-20)28(39)24(17)30-29-23-10-6-9-21(25(23)37)18-7-5-8-19(15-18)26-31-33-34-32-26/h6,9-10,18-20,29,37H,5,7-8,11-16H2,1-4H3,(H,31,32,33,34). The number of phenolic OH excluding ortho intramolecular Hbond substituents is 1. The van der Waals surface area contributed by atoms with Crippen molar-refractivity contribution in [3.63, 3.8) is 0 Å². The summed E-state index contributed by atoms with van der Waals surface area (Å²) in [7, 11) is 1.52. The Kier molecular flexibility index (Phi) is 8.42. The van der Waals surface area contributed by atoms with E-state index in [1.807, 2.05) is 31.1 Å². The molecule has 3 N–H and O–H groups in total. The summed E-state index contributed by atoms with van der Waals surface area (Å²) in [6.07, 6.45) is 5.78. The van der Waals surface area contributed by atoms with E-state index >= 15 is 0 Å². The number of hydrogen-bond acceptors (Lipinski definition) is 10. The number of anilines is 1. The van der Waals surface area contributed by atoms with Gasteiger partial charge in [-0.1, -0.05) is 18.6 Å². The number of aromatic hydroxyl groups is 1. The Morgan fingerprint density at radius 2 is 1.88 bits per heavy atom. The van der Waals surface area contributed by atoms with Crippen LogP contribution in [0.25, 0.3) is 0 Å². The number of hydrazone groups is 1. The molecule has 1 saturated heterocycles. The molecular formula is C28H39N8O4P. The van der Waals surface area contributed by atoms with Crippen LogP contribution in [0.15, 0.2) is 34.4 Å². The maximum Gasteiger partial charge on any atom is 0.281 e. The summed E-state index contributed by atoms with van der Waals surface area (Å²) < 4.78 is 12.6. The lowest BCUT2D eigenvalue weighted by molar-refractivity contribution is -0.142. The van der Waals surface area contributed by atoms with Gasteiger partial charge in [-0.05, 0) is 93.3 Å². The topological polar surface area (TPSA) is 157 Å². The monoisotopic (exact) mass is 582 g/mol. The lowest BCUT2D eigenvalue weighted by Gasteiger charge is -2.38. The fourth-order valence-electron chi connectivity index (χ4n) is 6.30. The first-order chi connectivity index (χ1) is 19.6. The van der Waals surface area contributed by atoms with Crippen LogP contribution in [0.5, 0.6) is 5.75 Å². The minimum atomic E-state index is -2.22. The van der Waals surface area contributed by atoms with Crippen LogP contribution in [-0.4, -0.2) is 98.7 Å². The van der Waals surface area contributed by atoms with Crippen LogP contribution < -0.4 is 5.43 Å². The van der Waals surface area contributed by atoms with Gasteiger partial charge in [-0.3, -0.25) is 19.9 Å². The van der Waals surface area contributed by atoms with Crippen LogP contribution in [0.3, 0.4) is 0 Å². The van der Waals surface area contributed by atoms with Gasteiger partial charge >= 0.3 is 0 Å². The van der Waals surface area contributed by atoms with Crippen molar-refractivity contribution in [2.45, 2.75) is 63.3 Å². The number of likely N-dealkylation sites (N-methyl/N-ethyl adjacent to an activating group) is 1. The highest BCUT2D eigenvalue weighted by atomic mass is 31.2. The number of H-pyrrole nitrogens is 1. The highest BCUT2D eigenvalue weighted by molar-refractivity contribution is 7.63. The van der Waals surface area contributed by atoms with Gasteiger partial charge in [-0.2, -0.15) is 5.10 Å². The minimum absolute atomic E-state index is 0.0931. The fraction of sp³-hybridized carbons (Fsp3) is 0.571. The zero-order valence-corrected chi connectivity index (χ0v) is 25.0. The first-order valence-electron chi connectivity index (χ1n) is 14.2. The van der Waals surface area contributed by atoms with Gasteiger partial charge in [-0.15, -0.1) is 5.10 Å². The molecule has 2 fully saturated rings. The molecule has 2 atom stereocenters. The highest BCUT2D eigenvalue weighted by Gasteiger charge is 2.42. The Bertz CT molecular complexity index is 1410. The number of hydrogen-bond donors (Lipinski definition) is 3. The van der Waals surface area contributed by atoms with Crippen LogP contribution in [0, 0.1) is 0 Å². The number of rotatable bonds is 7. The normalized spacial score (nSPS) is 28.6. The maximum atomic E-state index is 13.7. The molecule has 12 nitrogen and oxygen atoms in total. The van der Waals surface area contributed by atoms with E-state index in [0.29, 0.717) is 48.5 Å². The van der Waals surface area contributed by atoms with Crippen molar-refractivity contribution >= 4 is 30.4 Å². The molecule has 1 aliphatic carbocycles. The molecule has 2 aromatic rings. The molecule has 1 aromatic heterocycles. The second-order valence-corrected chi connectivity index (χ2v) is 15.4. The molecule has 3 aliphatic rings. The van der Waals surface area contributed by atoms with Crippen molar-refractivity contribution in [1.29, 1.82) is 0 Å². The number of benzene rings is 1. The number of aromatic amines is 1. The summed E-state index contributed by atoms with van der Waals surface area (Å²) in [5.74, 6) is 0.388. The number of imide groups is 1. The summed E-state index contributed by atoms with van der Waals surface area (Å²) in [4.78, 5) is 30.5. The van der Waals surface area contributed by atoms with Crippen LogP contribution in [0.4, 0.5) is 5.69 Å². The lowest BCUT2D eigenvalue weighted by atomic mass is 9.77. The molecule has 13 heteroatoms. The number of carbonyl (C=O) groups is 2. The summed E-state index contributed by atoms with van der Waals surface area (Å²) in [6, 6.07) is 5.19. The van der Waals surface area contributed by atoms with E-state index in [-0.39, 0.29) is 35.2 Å². The lowest BCUT2D eigenvalue weighted by Crippen LogP contribution is -2.54. The summed E-state index contributed by atoms with van der Waals surface area (Å²) >= 11 is 0. The van der Waals surface area contributed by atoms with E-state index in [2.05, 4.69) is 31.2 Å². The number of tetrazole rings is 1. The zero-order chi connectivity index (χ0) is 29.3. The van der Waals surface area contributed by atoms with Crippen molar-refractivity contribution in [1.82, 2.24) is 30.4 Å². The minimum Gasteiger partial charge on any atom is -0.505 e. The molecule has 3 heterocycles. The van der Waals surface area contributed by atoms with Gasteiger partial charge in [0.1, 0.15) is 5.75 Å². The second-order valence-electron chi connectivity index (χ2n) is 12.0. The number of nitrogens with one attached hydrogen (secondary N) is 2. The van der Waals surface area contributed by atoms with E-state index in [0.717, 1.165) is 37.1 Å². The third-order valence-corrected chi connectivity index (χ3v) is 11.0. The van der Waals surface area contributed by atoms with Gasteiger partial charge < -0.3 is 14.6 Å². The summed E-state index contributed by atoms with van der Waals surface area (Å²) in [5, 5.41) is 30.1. The predicted octanol–water partition coefficient (Wildman–Crippen LogP) is 3.52. The van der Waals surface area contributed by atoms with Crippen molar-refractivity contribution in [3.05, 3.63) is 40.7 Å². The molecule has 0 spiro atoms. The molecule has 1 aromatic carbocycles. The summed E-state index contributed by atoms with van der Waals surface area (Å²) in [5.41, 5.74) is 5.30. The third-order valence-electron chi connectivity index (χ3n) is 8.63. The molecule has 2 aliphatic heterocycles. The largest absolute Gasteiger partial charge is 0.505 e. The first kappa shape index (κ1) is 29.1. The fourth-order valence-corrected chi connectivity index (χ4v) is 8.21. The SMILES string of the molecule is CC1=C(CN(C)C)C(=O)N(C2CCP(C)(=O)CC2)C(=O)C1=NNc1cccc(C2CCCC(c3nnn[nH]3)C2)c1O. The van der Waals surface area contributed by atoms with E-state index in [1.165, 1.54) is 4.90 Å². The first-order valence-corrected chi connectivity index (χ1v) is 16.8. The van der Waals surface area contributed by atoms with Crippen molar-refractivity contribution in [2.75, 3.05) is 45.1 Å². The molecule has 2 unspecified atom stereocenters. The smallest absolute Gasteiger partial charge is 0.281 e. The van der Waals surface area contributed by atoms with E-state index in [4.69, 9.17) is 0 Å². The Hall–Kier alpha value is -3.37. The average molecular weight is 583 g/mol. The summed E-state index contributed by atoms with van der Waals surface area (Å²) in [6.45, 7) is 3.89. The second kappa shape index (κ2) is 11.9. The molecular weight excluding hydrogens is 543 g/mol. The number of carbonyl (C=O) groups excluding carboxylic acids is 2. The highest BCUT2D eigenvalue weighted by Crippen LogP contribution is 2.48. The van der Waals surface area contributed by atoms with Crippen molar-refractivity contribution in [3.8, 4) is 5.75 Å². The predicted molar refractivity (Wildman–Crippen MR) is 157 cm³/mol. The molecule has 1 saturated carbocycles. The Balaban J connectivity index is 1.42. The van der Waals surface area contributed by atoms with Gasteiger partial charge in [0.15, 0.2) is 11.5 Å². The van der Waals surface area contributed by atoms with E-state index < -0.39 is 13.0 Å². The molecule has 41 heavy (non-hydrogen) atoms. The zero-order valence-electron chi connectivity index (χ0n) is 24.1. The maximum absolute atomic E-state index is 13.7. The van der Waals surface area contributed by atoms with Gasteiger partial charge in [0.2, 0.25) is 0 Å². The molecule has 5 rings (SSSR count). The van der Waals surface area contributed by atoms with Gasteiger partial charge in [0.05, 0.1) is 12.8 Å². The molecule has 220 valence electrons. The number of para-hydroxylation sites is 1. The molecule has 0 radical (unpaired) electrons. The van der Waals surface area contributed by atoms with Gasteiger partial charge in [0, 0.05) is 36.4 Å². The Morgan fingerprint density at radius 3 is 2.56 bits per heavy atom. The van der Waals surface area contributed by atoms with Crippen molar-refractivity contribution in [2.24, 2.45) is 5.10 Å². The van der Waals surface area contributed by atoms with Gasteiger partial charge in [0.25, 0.3) is 11.8 Å². The third kappa shape index (κ3) is 6.13. The van der Waals surface area contributed by atoms with Crippen LogP contribution in [-0.2, 0) is 14.2 Å². The average Bonchev–Trinajstić information content (AvgIpc) is 3.48. The van der Waals surface area contributed by atoms with Crippen molar-refractivity contribution < 1.29 is 19.3 Å². The quantitative estimate of drug-likeness (QED) is 0.192. The number of amides is 2. The molecule has 0 bridgehead atoms. The van der Waals surface area contributed by atoms with Crippen LogP contribution in [0.1, 0.15) is 68.7 Å². The van der Waals surface area contributed by atoms with Crippen LogP contribution in [0.2, 0.25) is 0 Å². The van der Waals surface area contributed by atoms with Gasteiger partial charge in [-0.25, -0.2) is 5.10 Å². The number of aromatic nitrogens is 4. The van der Waals surface area contributed by atoms with E-state index in [1.54, 1.807) is 19.7 Å². The molecule has 2 amide bonds. The number of phenols is 1. The Morgan fingerprint density at radius 1 is 1.15 bits per heavy atom. The van der Waals surface area contributed by atoms with E-state index in [9.17, 15) is 19.3 Å².